The molecule has 0 unspecified atom stereocenters. The molecule has 16 heavy (non-hydrogen) atoms. The zero-order valence-electron chi connectivity index (χ0n) is 9.15. The number of fused-ring (bicyclic) bond motifs is 1. The van der Waals surface area contributed by atoms with E-state index in [4.69, 9.17) is 4.74 Å². The van der Waals surface area contributed by atoms with Crippen molar-refractivity contribution in [3.8, 4) is 5.75 Å². The second-order valence-electron chi connectivity index (χ2n) is 4.17. The summed E-state index contributed by atoms with van der Waals surface area (Å²) in [6, 6.07) is 16.6. The van der Waals surface area contributed by atoms with Crippen LogP contribution >= 0.6 is 0 Å². The van der Waals surface area contributed by atoms with Gasteiger partial charge in [0.15, 0.2) is 0 Å². The molecule has 0 fully saturated rings. The molecule has 0 atom stereocenters. The Morgan fingerprint density at radius 1 is 0.875 bits per heavy atom. The van der Waals surface area contributed by atoms with Crippen molar-refractivity contribution >= 4 is 0 Å². The summed E-state index contributed by atoms with van der Waals surface area (Å²) in [7, 11) is 0. The Kier molecular flexibility index (Phi) is 2.37. The molecule has 0 saturated heterocycles. The van der Waals surface area contributed by atoms with E-state index >= 15 is 0 Å². The smallest absolute Gasteiger partial charge is 0.123 e. The van der Waals surface area contributed by atoms with Gasteiger partial charge in [-0.15, -0.1) is 0 Å². The van der Waals surface area contributed by atoms with Crippen LogP contribution in [0.4, 0.5) is 0 Å². The SMILES string of the molecule is c1ccc(COc2cccc3c2CC3)cc1. The van der Waals surface area contributed by atoms with Gasteiger partial charge in [-0.25, -0.2) is 0 Å². The molecule has 0 spiro atoms. The zero-order valence-corrected chi connectivity index (χ0v) is 9.15. The molecule has 1 aliphatic carbocycles. The maximum absolute atomic E-state index is 5.85. The monoisotopic (exact) mass is 210 g/mol. The second kappa shape index (κ2) is 4.01. The summed E-state index contributed by atoms with van der Waals surface area (Å²) < 4.78 is 5.85. The summed E-state index contributed by atoms with van der Waals surface area (Å²) in [6.07, 6.45) is 2.37. The van der Waals surface area contributed by atoms with E-state index < -0.39 is 0 Å². The van der Waals surface area contributed by atoms with E-state index in [1.54, 1.807) is 0 Å². The van der Waals surface area contributed by atoms with Crippen LogP contribution < -0.4 is 4.74 Å². The Balaban J connectivity index is 1.74. The van der Waals surface area contributed by atoms with Crippen LogP contribution in [0.25, 0.3) is 0 Å². The maximum Gasteiger partial charge on any atom is 0.123 e. The molecular weight excluding hydrogens is 196 g/mol. The maximum atomic E-state index is 5.85. The van der Waals surface area contributed by atoms with Crippen LogP contribution in [0.2, 0.25) is 0 Å². The van der Waals surface area contributed by atoms with Crippen molar-refractivity contribution in [1.82, 2.24) is 0 Å². The van der Waals surface area contributed by atoms with Crippen LogP contribution in [0.3, 0.4) is 0 Å². The third-order valence-corrected chi connectivity index (χ3v) is 3.11. The van der Waals surface area contributed by atoms with Gasteiger partial charge in [0.25, 0.3) is 0 Å². The highest BCUT2D eigenvalue weighted by atomic mass is 16.5. The Bertz CT molecular complexity index is 488. The molecule has 0 radical (unpaired) electrons. The van der Waals surface area contributed by atoms with Gasteiger partial charge in [0, 0.05) is 0 Å². The molecule has 1 nitrogen and oxygen atoms in total. The molecule has 2 aromatic carbocycles. The summed E-state index contributed by atoms with van der Waals surface area (Å²) in [5.41, 5.74) is 4.07. The van der Waals surface area contributed by atoms with Gasteiger partial charge >= 0.3 is 0 Å². The van der Waals surface area contributed by atoms with Gasteiger partial charge in [-0.2, -0.15) is 0 Å². The first-order chi connectivity index (χ1) is 7.93. The van der Waals surface area contributed by atoms with Crippen LogP contribution in [-0.2, 0) is 19.4 Å². The number of hydrogen-bond donors (Lipinski definition) is 0. The predicted octanol–water partition coefficient (Wildman–Crippen LogP) is 3.36. The van der Waals surface area contributed by atoms with Gasteiger partial charge in [0.1, 0.15) is 12.4 Å². The van der Waals surface area contributed by atoms with Crippen molar-refractivity contribution in [1.29, 1.82) is 0 Å². The highest BCUT2D eigenvalue weighted by molar-refractivity contribution is 5.46. The molecular formula is C15H14O. The van der Waals surface area contributed by atoms with Gasteiger partial charge in [-0.3, -0.25) is 0 Å². The van der Waals surface area contributed by atoms with Crippen molar-refractivity contribution in [3.05, 3.63) is 65.2 Å². The van der Waals surface area contributed by atoms with Crippen molar-refractivity contribution in [2.24, 2.45) is 0 Å². The van der Waals surface area contributed by atoms with Crippen LogP contribution in [0, 0.1) is 0 Å². The van der Waals surface area contributed by atoms with Crippen LogP contribution in [0.5, 0.6) is 5.75 Å². The van der Waals surface area contributed by atoms with Gasteiger partial charge in [0.2, 0.25) is 0 Å². The topological polar surface area (TPSA) is 9.23 Å². The zero-order chi connectivity index (χ0) is 10.8. The van der Waals surface area contributed by atoms with Gasteiger partial charge in [-0.05, 0) is 35.6 Å². The average Bonchev–Trinajstić information content (AvgIpc) is 2.30. The standard InChI is InChI=1S/C15H14O/c1-2-5-12(6-3-1)11-16-15-8-4-7-13-9-10-14(13)15/h1-8H,9-11H2. The minimum absolute atomic E-state index is 0.664. The van der Waals surface area contributed by atoms with E-state index in [-0.39, 0.29) is 0 Å². The van der Waals surface area contributed by atoms with Crippen LogP contribution in [-0.4, -0.2) is 0 Å². The molecule has 0 saturated carbocycles. The molecule has 0 N–H and O–H groups in total. The fourth-order valence-corrected chi connectivity index (χ4v) is 2.08. The van der Waals surface area contributed by atoms with E-state index in [9.17, 15) is 0 Å². The molecule has 0 amide bonds. The molecule has 3 rings (SSSR count). The number of ether oxygens (including phenoxy) is 1. The summed E-state index contributed by atoms with van der Waals surface area (Å²) in [5, 5.41) is 0. The molecule has 1 heteroatoms. The second-order valence-corrected chi connectivity index (χ2v) is 4.17. The highest BCUT2D eigenvalue weighted by Crippen LogP contribution is 2.32. The largest absolute Gasteiger partial charge is 0.489 e. The van der Waals surface area contributed by atoms with Crippen molar-refractivity contribution in [2.45, 2.75) is 19.4 Å². The van der Waals surface area contributed by atoms with Crippen molar-refractivity contribution < 1.29 is 4.74 Å². The first-order valence-corrected chi connectivity index (χ1v) is 5.71. The normalized spacial score (nSPS) is 12.8. The van der Waals surface area contributed by atoms with Crippen LogP contribution in [0.15, 0.2) is 48.5 Å². The fraction of sp³-hybridized carbons (Fsp3) is 0.200. The number of aryl methyl sites for hydroxylation is 1. The predicted molar refractivity (Wildman–Crippen MR) is 64.6 cm³/mol. The summed E-state index contributed by atoms with van der Waals surface area (Å²) in [6.45, 7) is 0.664. The van der Waals surface area contributed by atoms with E-state index in [2.05, 4.69) is 30.3 Å². The lowest BCUT2D eigenvalue weighted by Gasteiger charge is -2.22. The Labute approximate surface area is 95.7 Å². The first-order valence-electron chi connectivity index (χ1n) is 5.71. The van der Waals surface area contributed by atoms with E-state index in [1.165, 1.54) is 29.5 Å². The Morgan fingerprint density at radius 3 is 2.50 bits per heavy atom. The number of hydrogen-bond acceptors (Lipinski definition) is 1. The quantitative estimate of drug-likeness (QED) is 0.754. The minimum atomic E-state index is 0.664. The van der Waals surface area contributed by atoms with E-state index in [0.29, 0.717) is 6.61 Å². The Hall–Kier alpha value is -1.76. The third kappa shape index (κ3) is 1.69. The minimum Gasteiger partial charge on any atom is -0.489 e. The lowest BCUT2D eigenvalue weighted by Crippen LogP contribution is -2.10. The highest BCUT2D eigenvalue weighted by Gasteiger charge is 2.17. The van der Waals surface area contributed by atoms with E-state index in [0.717, 1.165) is 5.75 Å². The third-order valence-electron chi connectivity index (χ3n) is 3.11. The van der Waals surface area contributed by atoms with Gasteiger partial charge in [0.05, 0.1) is 0 Å². The molecule has 0 aromatic heterocycles. The summed E-state index contributed by atoms with van der Waals surface area (Å²) >= 11 is 0. The lowest BCUT2D eigenvalue weighted by atomic mass is 9.88. The van der Waals surface area contributed by atoms with Gasteiger partial charge < -0.3 is 4.74 Å². The van der Waals surface area contributed by atoms with Gasteiger partial charge in [-0.1, -0.05) is 42.5 Å². The summed E-state index contributed by atoms with van der Waals surface area (Å²) in [4.78, 5) is 0. The average molecular weight is 210 g/mol. The molecule has 0 aliphatic heterocycles. The fourth-order valence-electron chi connectivity index (χ4n) is 2.08. The Morgan fingerprint density at radius 2 is 1.75 bits per heavy atom. The van der Waals surface area contributed by atoms with Crippen molar-refractivity contribution in [2.75, 3.05) is 0 Å². The number of benzene rings is 2. The molecule has 2 aromatic rings. The molecule has 1 aliphatic rings. The lowest BCUT2D eigenvalue weighted by molar-refractivity contribution is 0.300. The molecule has 80 valence electrons. The molecule has 0 heterocycles. The van der Waals surface area contributed by atoms with E-state index in [1.807, 2.05) is 18.2 Å². The first kappa shape index (κ1) is 9.46. The number of rotatable bonds is 3. The van der Waals surface area contributed by atoms with Crippen LogP contribution in [0.1, 0.15) is 16.7 Å². The summed E-state index contributed by atoms with van der Waals surface area (Å²) in [5.74, 6) is 1.06. The molecule has 0 bridgehead atoms. The van der Waals surface area contributed by atoms with Crippen molar-refractivity contribution in [3.63, 3.8) is 0 Å².